The summed E-state index contributed by atoms with van der Waals surface area (Å²) < 4.78 is 2.67. The fraction of sp³-hybridized carbons (Fsp3) is 0. The summed E-state index contributed by atoms with van der Waals surface area (Å²) in [4.78, 5) is 24.7. The smallest absolute Gasteiger partial charge is 0.269 e. The van der Waals surface area contributed by atoms with Crippen molar-refractivity contribution in [1.29, 1.82) is 0 Å². The van der Waals surface area contributed by atoms with E-state index in [2.05, 4.69) is 20.9 Å². The molecule has 0 aliphatic rings. The molecule has 0 atom stereocenters. The summed E-state index contributed by atoms with van der Waals surface area (Å²) in [6.45, 7) is 0. The van der Waals surface area contributed by atoms with Gasteiger partial charge >= 0.3 is 0 Å². The highest BCUT2D eigenvalue weighted by Gasteiger charge is 2.20. The molecular weight excluding hydrogens is 470 g/mol. The summed E-state index contributed by atoms with van der Waals surface area (Å²) in [5, 5.41) is 11.5. The standard InChI is InChI=1S/C21H11BrClN5O2/c22-13-7-10-18(15(23)11-13)27-20(12-5-8-14(9-6-12)28(29)30)26-19-21(27)25-17-4-2-1-3-16(17)24-19/h1-11H. The van der Waals surface area contributed by atoms with E-state index in [1.54, 1.807) is 18.2 Å². The Morgan fingerprint density at radius 1 is 0.933 bits per heavy atom. The first-order chi connectivity index (χ1) is 14.5. The molecule has 0 bridgehead atoms. The molecule has 0 saturated carbocycles. The second kappa shape index (κ2) is 7.16. The lowest BCUT2D eigenvalue weighted by atomic mass is 10.2. The summed E-state index contributed by atoms with van der Waals surface area (Å²) in [7, 11) is 0. The quantitative estimate of drug-likeness (QED) is 0.235. The normalized spacial score (nSPS) is 11.3. The summed E-state index contributed by atoms with van der Waals surface area (Å²) in [5.41, 5.74) is 3.84. The Kier molecular flexibility index (Phi) is 4.45. The van der Waals surface area contributed by atoms with Gasteiger partial charge in [0.25, 0.3) is 5.69 Å². The van der Waals surface area contributed by atoms with E-state index in [1.807, 2.05) is 41.0 Å². The average molecular weight is 481 g/mol. The minimum Gasteiger partial charge on any atom is -0.274 e. The first-order valence-corrected chi connectivity index (χ1v) is 10.0. The SMILES string of the molecule is O=[N+]([O-])c1ccc(-c2nc3nc4ccccc4nc3n2-c2ccc(Br)cc2Cl)cc1. The van der Waals surface area contributed by atoms with Crippen molar-refractivity contribution in [3.63, 3.8) is 0 Å². The summed E-state index contributed by atoms with van der Waals surface area (Å²) in [6, 6.07) is 19.3. The van der Waals surface area contributed by atoms with E-state index in [-0.39, 0.29) is 5.69 Å². The number of hydrogen-bond donors (Lipinski definition) is 0. The van der Waals surface area contributed by atoms with Crippen molar-refractivity contribution in [2.45, 2.75) is 0 Å². The molecule has 0 radical (unpaired) electrons. The fourth-order valence-electron chi connectivity index (χ4n) is 3.27. The number of nitro benzene ring substituents is 1. The zero-order valence-electron chi connectivity index (χ0n) is 15.2. The van der Waals surface area contributed by atoms with Crippen molar-refractivity contribution in [2.24, 2.45) is 0 Å². The Balaban J connectivity index is 1.84. The number of rotatable bonds is 3. The van der Waals surface area contributed by atoms with Crippen LogP contribution in [0, 0.1) is 10.1 Å². The van der Waals surface area contributed by atoms with Gasteiger partial charge < -0.3 is 0 Å². The van der Waals surface area contributed by atoms with Crippen LogP contribution in [0.25, 0.3) is 39.4 Å². The Bertz CT molecular complexity index is 1450. The van der Waals surface area contributed by atoms with Crippen molar-refractivity contribution >= 4 is 55.5 Å². The number of benzene rings is 3. The zero-order chi connectivity index (χ0) is 20.8. The van der Waals surface area contributed by atoms with Gasteiger partial charge in [-0.2, -0.15) is 0 Å². The molecule has 0 unspecified atom stereocenters. The number of non-ortho nitro benzene ring substituents is 1. The Labute approximate surface area is 183 Å². The first-order valence-electron chi connectivity index (χ1n) is 8.87. The van der Waals surface area contributed by atoms with Crippen LogP contribution in [0.2, 0.25) is 5.02 Å². The average Bonchev–Trinajstić information content (AvgIpc) is 3.10. The highest BCUT2D eigenvalue weighted by atomic mass is 79.9. The van der Waals surface area contributed by atoms with Gasteiger partial charge in [0.2, 0.25) is 0 Å². The van der Waals surface area contributed by atoms with Crippen LogP contribution in [0.5, 0.6) is 0 Å². The second-order valence-electron chi connectivity index (χ2n) is 6.53. The van der Waals surface area contributed by atoms with Crippen LogP contribution < -0.4 is 0 Å². The number of fused-ring (bicyclic) bond motifs is 2. The maximum Gasteiger partial charge on any atom is 0.269 e. The van der Waals surface area contributed by atoms with E-state index in [9.17, 15) is 10.1 Å². The maximum atomic E-state index is 11.0. The van der Waals surface area contributed by atoms with Gasteiger partial charge in [-0.1, -0.05) is 39.7 Å². The molecule has 0 amide bonds. The van der Waals surface area contributed by atoms with Gasteiger partial charge in [-0.05, 0) is 42.5 Å². The van der Waals surface area contributed by atoms with Crippen molar-refractivity contribution in [3.05, 3.63) is 86.3 Å². The number of para-hydroxylation sites is 2. The Morgan fingerprint density at radius 2 is 1.63 bits per heavy atom. The zero-order valence-corrected chi connectivity index (χ0v) is 17.5. The van der Waals surface area contributed by atoms with Crippen LogP contribution in [-0.4, -0.2) is 24.4 Å². The molecule has 9 heteroatoms. The molecule has 0 aliphatic carbocycles. The largest absolute Gasteiger partial charge is 0.274 e. The molecule has 2 aromatic heterocycles. The number of aromatic nitrogens is 4. The number of nitrogens with zero attached hydrogens (tertiary/aromatic N) is 5. The lowest BCUT2D eigenvalue weighted by Gasteiger charge is -2.11. The lowest BCUT2D eigenvalue weighted by molar-refractivity contribution is -0.384. The van der Waals surface area contributed by atoms with E-state index in [0.29, 0.717) is 33.4 Å². The first kappa shape index (κ1) is 18.7. The summed E-state index contributed by atoms with van der Waals surface area (Å²) in [5.74, 6) is 0.541. The van der Waals surface area contributed by atoms with Gasteiger partial charge in [0.05, 0.1) is 26.7 Å². The van der Waals surface area contributed by atoms with Gasteiger partial charge in [-0.25, -0.2) is 15.0 Å². The third kappa shape index (κ3) is 3.10. The molecule has 30 heavy (non-hydrogen) atoms. The molecule has 5 aromatic rings. The highest BCUT2D eigenvalue weighted by molar-refractivity contribution is 9.10. The number of nitro groups is 1. The van der Waals surface area contributed by atoms with Gasteiger partial charge in [-0.3, -0.25) is 14.7 Å². The number of hydrogen-bond acceptors (Lipinski definition) is 5. The molecule has 0 aliphatic heterocycles. The second-order valence-corrected chi connectivity index (χ2v) is 7.85. The molecule has 0 fully saturated rings. The molecule has 0 spiro atoms. The molecule has 7 nitrogen and oxygen atoms in total. The topological polar surface area (TPSA) is 86.7 Å². The third-order valence-corrected chi connectivity index (χ3v) is 5.45. The van der Waals surface area contributed by atoms with Crippen LogP contribution in [0.4, 0.5) is 5.69 Å². The van der Waals surface area contributed by atoms with E-state index in [1.165, 1.54) is 12.1 Å². The van der Waals surface area contributed by atoms with E-state index < -0.39 is 4.92 Å². The Hall–Kier alpha value is -3.36. The predicted octanol–water partition coefficient (Wildman–Crippen LogP) is 5.96. The van der Waals surface area contributed by atoms with Crippen molar-refractivity contribution < 1.29 is 4.92 Å². The van der Waals surface area contributed by atoms with Crippen molar-refractivity contribution in [1.82, 2.24) is 19.5 Å². The van der Waals surface area contributed by atoms with E-state index >= 15 is 0 Å². The van der Waals surface area contributed by atoms with Crippen molar-refractivity contribution in [2.75, 3.05) is 0 Å². The monoisotopic (exact) mass is 479 g/mol. The van der Waals surface area contributed by atoms with Crippen LogP contribution >= 0.6 is 27.5 Å². The minimum atomic E-state index is -0.436. The van der Waals surface area contributed by atoms with E-state index in [4.69, 9.17) is 21.6 Å². The molecule has 146 valence electrons. The van der Waals surface area contributed by atoms with Gasteiger partial charge in [0.1, 0.15) is 5.82 Å². The van der Waals surface area contributed by atoms with Gasteiger partial charge in [0.15, 0.2) is 11.3 Å². The fourth-order valence-corrected chi connectivity index (χ4v) is 4.03. The third-order valence-electron chi connectivity index (χ3n) is 4.66. The van der Waals surface area contributed by atoms with Gasteiger partial charge in [0, 0.05) is 22.2 Å². The Morgan fingerprint density at radius 3 is 2.30 bits per heavy atom. The number of halogens is 2. The number of imidazole rings is 1. The van der Waals surface area contributed by atoms with Gasteiger partial charge in [-0.15, -0.1) is 0 Å². The van der Waals surface area contributed by atoms with Crippen LogP contribution in [0.1, 0.15) is 0 Å². The molecule has 0 N–H and O–H groups in total. The van der Waals surface area contributed by atoms with Crippen LogP contribution in [0.15, 0.2) is 71.2 Å². The maximum absolute atomic E-state index is 11.0. The van der Waals surface area contributed by atoms with Crippen LogP contribution in [0.3, 0.4) is 0 Å². The van der Waals surface area contributed by atoms with Crippen LogP contribution in [-0.2, 0) is 0 Å². The highest BCUT2D eigenvalue weighted by Crippen LogP contribution is 2.33. The molecule has 2 heterocycles. The molecular formula is C21H11BrClN5O2. The summed E-state index contributed by atoms with van der Waals surface area (Å²) in [6.07, 6.45) is 0. The molecule has 5 rings (SSSR count). The lowest BCUT2D eigenvalue weighted by Crippen LogP contribution is -2.00. The molecule has 3 aromatic carbocycles. The minimum absolute atomic E-state index is 0.00470. The predicted molar refractivity (Wildman–Crippen MR) is 119 cm³/mol. The van der Waals surface area contributed by atoms with Crippen molar-refractivity contribution in [3.8, 4) is 17.1 Å². The van der Waals surface area contributed by atoms with E-state index in [0.717, 1.165) is 15.5 Å². The molecule has 0 saturated heterocycles. The summed E-state index contributed by atoms with van der Waals surface area (Å²) >= 11 is 9.98.